The van der Waals surface area contributed by atoms with Crippen molar-refractivity contribution in [1.82, 2.24) is 10.3 Å². The number of hydrogen-bond donors (Lipinski definition) is 2. The number of nitrogens with one attached hydrogen (secondary N) is 2. The third kappa shape index (κ3) is 4.85. The summed E-state index contributed by atoms with van der Waals surface area (Å²) in [7, 11) is -3.86. The third-order valence-electron chi connectivity index (χ3n) is 4.15. The summed E-state index contributed by atoms with van der Waals surface area (Å²) in [6.45, 7) is 1.64. The highest BCUT2D eigenvalue weighted by Gasteiger charge is 2.22. The van der Waals surface area contributed by atoms with Gasteiger partial charge in [-0.05, 0) is 48.9 Å². The quantitative estimate of drug-likeness (QED) is 0.607. The number of ketones is 1. The maximum Gasteiger partial charge on any atom is 0.319 e. The van der Waals surface area contributed by atoms with E-state index in [4.69, 9.17) is 0 Å². The van der Waals surface area contributed by atoms with Gasteiger partial charge in [-0.15, -0.1) is 0 Å². The van der Waals surface area contributed by atoms with Crippen molar-refractivity contribution in [3.63, 3.8) is 0 Å². The van der Waals surface area contributed by atoms with Crippen LogP contribution >= 0.6 is 0 Å². The Bertz CT molecular complexity index is 1130. The van der Waals surface area contributed by atoms with Gasteiger partial charge in [-0.2, -0.15) is 0 Å². The molecule has 0 radical (unpaired) electrons. The van der Waals surface area contributed by atoms with Gasteiger partial charge >= 0.3 is 6.03 Å². The molecular weight excluding hydrogens is 390 g/mol. The Labute approximate surface area is 168 Å². The highest BCUT2D eigenvalue weighted by molar-refractivity contribution is 7.91. The predicted molar refractivity (Wildman–Crippen MR) is 108 cm³/mol. The molecule has 1 aromatic heterocycles. The van der Waals surface area contributed by atoms with Gasteiger partial charge in [0.25, 0.3) is 0 Å². The number of amides is 2. The zero-order valence-electron chi connectivity index (χ0n) is 15.6. The molecule has 0 unspecified atom stereocenters. The zero-order chi connectivity index (χ0) is 20.9. The van der Waals surface area contributed by atoms with Gasteiger partial charge in [0.2, 0.25) is 9.84 Å². The fourth-order valence-corrected chi connectivity index (χ4v) is 4.20. The van der Waals surface area contributed by atoms with Crippen LogP contribution in [0.15, 0.2) is 82.8 Å². The SMILES string of the molecule is CC(=O)c1ccccc1S(=O)(=O)c1ccc(NC(=O)NCc2cccnc2)cc1. The summed E-state index contributed by atoms with van der Waals surface area (Å²) in [4.78, 5) is 27.7. The van der Waals surface area contributed by atoms with Gasteiger partial charge in [0.1, 0.15) is 0 Å². The first-order valence-corrected chi connectivity index (χ1v) is 10.2. The smallest absolute Gasteiger partial charge is 0.319 e. The molecule has 2 aromatic carbocycles. The fourth-order valence-electron chi connectivity index (χ4n) is 2.70. The molecule has 0 aliphatic rings. The van der Waals surface area contributed by atoms with Crippen LogP contribution in [0.3, 0.4) is 0 Å². The lowest BCUT2D eigenvalue weighted by atomic mass is 10.1. The first-order chi connectivity index (χ1) is 13.9. The molecule has 0 fully saturated rings. The summed E-state index contributed by atoms with van der Waals surface area (Å²) >= 11 is 0. The lowest BCUT2D eigenvalue weighted by molar-refractivity contribution is 0.101. The van der Waals surface area contributed by atoms with Crippen LogP contribution in [0.25, 0.3) is 0 Å². The molecule has 3 aromatic rings. The summed E-state index contributed by atoms with van der Waals surface area (Å²) in [5, 5.41) is 5.33. The van der Waals surface area contributed by atoms with Crippen molar-refractivity contribution >= 4 is 27.3 Å². The van der Waals surface area contributed by atoms with Gasteiger partial charge in [0.05, 0.1) is 9.79 Å². The van der Waals surface area contributed by atoms with Gasteiger partial charge in [0, 0.05) is 30.2 Å². The van der Waals surface area contributed by atoms with Crippen molar-refractivity contribution in [2.24, 2.45) is 0 Å². The summed E-state index contributed by atoms with van der Waals surface area (Å²) in [6.07, 6.45) is 3.30. The molecular formula is C21H19N3O4S. The van der Waals surface area contributed by atoms with Crippen molar-refractivity contribution in [2.45, 2.75) is 23.3 Å². The normalized spacial score (nSPS) is 10.9. The van der Waals surface area contributed by atoms with E-state index in [0.717, 1.165) is 5.56 Å². The van der Waals surface area contributed by atoms with Crippen molar-refractivity contribution in [3.05, 3.63) is 84.2 Å². The second-order valence-electron chi connectivity index (χ2n) is 6.25. The average molecular weight is 409 g/mol. The Morgan fingerprint density at radius 1 is 0.966 bits per heavy atom. The van der Waals surface area contributed by atoms with Crippen LogP contribution in [-0.4, -0.2) is 25.2 Å². The number of anilines is 1. The van der Waals surface area contributed by atoms with Gasteiger partial charge < -0.3 is 10.6 Å². The number of carbonyl (C=O) groups excluding carboxylic acids is 2. The summed E-state index contributed by atoms with van der Waals surface area (Å²) < 4.78 is 25.8. The Balaban J connectivity index is 1.71. The maximum atomic E-state index is 12.9. The number of sulfone groups is 1. The molecule has 0 aliphatic heterocycles. The van der Waals surface area contributed by atoms with E-state index in [0.29, 0.717) is 12.2 Å². The minimum atomic E-state index is -3.86. The van der Waals surface area contributed by atoms with Crippen molar-refractivity contribution < 1.29 is 18.0 Å². The lowest BCUT2D eigenvalue weighted by Crippen LogP contribution is -2.28. The number of carbonyl (C=O) groups is 2. The topological polar surface area (TPSA) is 105 Å². The second-order valence-corrected chi connectivity index (χ2v) is 8.17. The van der Waals surface area contributed by atoms with Crippen LogP contribution in [-0.2, 0) is 16.4 Å². The molecule has 7 nitrogen and oxygen atoms in total. The van der Waals surface area contributed by atoms with E-state index in [2.05, 4.69) is 15.6 Å². The zero-order valence-corrected chi connectivity index (χ0v) is 16.4. The first-order valence-electron chi connectivity index (χ1n) is 8.77. The van der Waals surface area contributed by atoms with Gasteiger partial charge in [-0.1, -0.05) is 24.3 Å². The van der Waals surface area contributed by atoms with Crippen molar-refractivity contribution in [1.29, 1.82) is 0 Å². The van der Waals surface area contributed by atoms with E-state index < -0.39 is 15.9 Å². The van der Waals surface area contributed by atoms with E-state index in [1.807, 2.05) is 6.07 Å². The van der Waals surface area contributed by atoms with Crippen LogP contribution < -0.4 is 10.6 Å². The molecule has 2 amide bonds. The Morgan fingerprint density at radius 3 is 2.34 bits per heavy atom. The standard InChI is InChI=1S/C21H19N3O4S/c1-15(25)19-6-2-3-7-20(19)29(27,28)18-10-8-17(9-11-18)24-21(26)23-14-16-5-4-12-22-13-16/h2-13H,14H2,1H3,(H2,23,24,26). The second kappa shape index (κ2) is 8.66. The summed E-state index contributed by atoms with van der Waals surface area (Å²) in [5.74, 6) is -0.326. The third-order valence-corrected chi connectivity index (χ3v) is 5.98. The molecule has 29 heavy (non-hydrogen) atoms. The van der Waals surface area contributed by atoms with Crippen molar-refractivity contribution in [2.75, 3.05) is 5.32 Å². The predicted octanol–water partition coefficient (Wildman–Crippen LogP) is 3.44. The number of aromatic nitrogens is 1. The van der Waals surface area contributed by atoms with E-state index >= 15 is 0 Å². The number of urea groups is 1. The Morgan fingerprint density at radius 2 is 1.69 bits per heavy atom. The van der Waals surface area contributed by atoms with Gasteiger partial charge in [0.15, 0.2) is 5.78 Å². The maximum absolute atomic E-state index is 12.9. The molecule has 0 aliphatic carbocycles. The Kier molecular flexibility index (Phi) is 6.04. The molecule has 0 spiro atoms. The van der Waals surface area contributed by atoms with Crippen LogP contribution in [0.5, 0.6) is 0 Å². The average Bonchev–Trinajstić information content (AvgIpc) is 2.73. The lowest BCUT2D eigenvalue weighted by Gasteiger charge is -2.10. The monoisotopic (exact) mass is 409 g/mol. The van der Waals surface area contributed by atoms with Crippen LogP contribution in [0.1, 0.15) is 22.8 Å². The molecule has 0 saturated heterocycles. The van der Waals surface area contributed by atoms with Gasteiger partial charge in [-0.3, -0.25) is 9.78 Å². The molecule has 3 rings (SSSR count). The van der Waals surface area contributed by atoms with Crippen molar-refractivity contribution in [3.8, 4) is 0 Å². The molecule has 148 valence electrons. The van der Waals surface area contributed by atoms with Crippen LogP contribution in [0.2, 0.25) is 0 Å². The first kappa shape index (κ1) is 20.2. The minimum Gasteiger partial charge on any atom is -0.334 e. The summed E-state index contributed by atoms with van der Waals surface area (Å²) in [5.41, 5.74) is 1.44. The number of pyridine rings is 1. The van der Waals surface area contributed by atoms with Gasteiger partial charge in [-0.25, -0.2) is 13.2 Å². The number of Topliss-reactive ketones (excluding diaryl/α,β-unsaturated/α-hetero) is 1. The molecule has 2 N–H and O–H groups in total. The fraction of sp³-hybridized carbons (Fsp3) is 0.0952. The Hall–Kier alpha value is -3.52. The largest absolute Gasteiger partial charge is 0.334 e. The van der Waals surface area contributed by atoms with Crippen LogP contribution in [0.4, 0.5) is 10.5 Å². The molecule has 0 bridgehead atoms. The van der Waals surface area contributed by atoms with E-state index in [-0.39, 0.29) is 21.1 Å². The molecule has 8 heteroatoms. The molecule has 0 saturated carbocycles. The van der Waals surface area contributed by atoms with Crippen LogP contribution in [0, 0.1) is 0 Å². The minimum absolute atomic E-state index is 0.0347. The van der Waals surface area contributed by atoms with E-state index in [1.54, 1.807) is 30.6 Å². The molecule has 1 heterocycles. The number of hydrogen-bond acceptors (Lipinski definition) is 5. The number of benzene rings is 2. The van der Waals surface area contributed by atoms with E-state index in [9.17, 15) is 18.0 Å². The molecule has 0 atom stereocenters. The number of nitrogens with zero attached hydrogens (tertiary/aromatic N) is 1. The summed E-state index contributed by atoms with van der Waals surface area (Å²) in [6, 6.07) is 15.0. The van der Waals surface area contributed by atoms with E-state index in [1.165, 1.54) is 43.3 Å². The highest BCUT2D eigenvalue weighted by Crippen LogP contribution is 2.25. The highest BCUT2D eigenvalue weighted by atomic mass is 32.2. The number of rotatable bonds is 6.